The Balaban J connectivity index is 1.94. The van der Waals surface area contributed by atoms with E-state index in [-0.39, 0.29) is 30.1 Å². The summed E-state index contributed by atoms with van der Waals surface area (Å²) in [6.07, 6.45) is -0.872. The van der Waals surface area contributed by atoms with Crippen LogP contribution in [0.25, 0.3) is 11.2 Å². The largest absolute Gasteiger partial charge is 0.469 e. The molecule has 13 heteroatoms. The Bertz CT molecular complexity index is 829. The molecular weight excluding hydrogens is 331 g/mol. The maximum absolute atomic E-state index is 11.8. The minimum Gasteiger partial charge on any atom is -0.369 e. The lowest BCUT2D eigenvalue weighted by Gasteiger charge is -2.16. The van der Waals surface area contributed by atoms with Crippen molar-refractivity contribution >= 4 is 24.9 Å². The van der Waals surface area contributed by atoms with Crippen molar-refractivity contribution in [2.24, 2.45) is 5.73 Å². The van der Waals surface area contributed by atoms with Crippen molar-refractivity contribution < 1.29 is 23.6 Å². The summed E-state index contributed by atoms with van der Waals surface area (Å²) >= 11 is 0. The number of phosphoric ester groups is 1. The van der Waals surface area contributed by atoms with Gasteiger partial charge in [0.15, 0.2) is 11.2 Å². The third-order valence-corrected chi connectivity index (χ3v) is 3.99. The first-order chi connectivity index (χ1) is 10.8. The summed E-state index contributed by atoms with van der Waals surface area (Å²) in [5, 5.41) is 0. The smallest absolute Gasteiger partial charge is 0.369 e. The van der Waals surface area contributed by atoms with Gasteiger partial charge < -0.3 is 26.0 Å². The molecule has 0 saturated carbocycles. The number of imidazole rings is 1. The van der Waals surface area contributed by atoms with Gasteiger partial charge in [-0.1, -0.05) is 0 Å². The van der Waals surface area contributed by atoms with Crippen molar-refractivity contribution in [3.63, 3.8) is 0 Å². The Hall–Kier alpha value is -1.82. The molecule has 3 heterocycles. The molecule has 0 amide bonds. The van der Waals surface area contributed by atoms with Crippen molar-refractivity contribution in [3.8, 4) is 0 Å². The fourth-order valence-electron chi connectivity index (χ4n) is 2.52. The highest BCUT2D eigenvalue weighted by Crippen LogP contribution is 2.43. The highest BCUT2D eigenvalue weighted by Gasteiger charge is 2.40. The number of nitrogens with two attached hydrogens (primary N) is 2. The average Bonchev–Trinajstić information content (AvgIpc) is 3.00. The number of aromatic nitrogens is 4. The van der Waals surface area contributed by atoms with Crippen LogP contribution in [0.1, 0.15) is 12.6 Å². The SMILES string of the molecule is NC[C@H]1O[C@@H](n2cnc3c(=O)[nH]c(N)nc32)CC1OP(=O)(O)O. The van der Waals surface area contributed by atoms with Gasteiger partial charge in [-0.3, -0.25) is 18.9 Å². The second-order valence-electron chi connectivity index (χ2n) is 5.01. The molecule has 1 unspecified atom stereocenters. The van der Waals surface area contributed by atoms with Crippen LogP contribution in [0.2, 0.25) is 0 Å². The Labute approximate surface area is 128 Å². The van der Waals surface area contributed by atoms with E-state index in [9.17, 15) is 9.36 Å². The molecule has 2 aromatic heterocycles. The number of hydrogen-bond acceptors (Lipinski definition) is 8. The molecule has 1 fully saturated rings. The van der Waals surface area contributed by atoms with E-state index in [0.29, 0.717) is 0 Å². The number of aromatic amines is 1. The fourth-order valence-corrected chi connectivity index (χ4v) is 3.10. The predicted molar refractivity (Wildman–Crippen MR) is 77.1 cm³/mol. The van der Waals surface area contributed by atoms with E-state index in [1.165, 1.54) is 10.9 Å². The summed E-state index contributed by atoms with van der Waals surface area (Å²) in [5.41, 5.74) is 10.8. The molecule has 12 nitrogen and oxygen atoms in total. The molecule has 1 aliphatic rings. The van der Waals surface area contributed by atoms with Gasteiger partial charge in [-0.2, -0.15) is 4.98 Å². The van der Waals surface area contributed by atoms with E-state index in [1.54, 1.807) is 0 Å². The molecule has 0 radical (unpaired) electrons. The van der Waals surface area contributed by atoms with Gasteiger partial charge >= 0.3 is 7.82 Å². The number of nitrogen functional groups attached to an aromatic ring is 1. The van der Waals surface area contributed by atoms with Crippen LogP contribution in [0.15, 0.2) is 11.1 Å². The van der Waals surface area contributed by atoms with Gasteiger partial charge in [0.2, 0.25) is 5.95 Å². The van der Waals surface area contributed by atoms with Crippen LogP contribution in [0.5, 0.6) is 0 Å². The van der Waals surface area contributed by atoms with Crippen LogP contribution in [0.3, 0.4) is 0 Å². The van der Waals surface area contributed by atoms with Crippen LogP contribution in [-0.4, -0.2) is 48.1 Å². The number of phosphoric acid groups is 1. The molecule has 1 saturated heterocycles. The summed E-state index contributed by atoms with van der Waals surface area (Å²) in [7, 11) is -4.68. The number of nitrogens with one attached hydrogen (secondary N) is 1. The van der Waals surface area contributed by atoms with Crippen molar-refractivity contribution in [2.75, 3.05) is 12.3 Å². The van der Waals surface area contributed by atoms with Gasteiger partial charge in [-0.25, -0.2) is 9.55 Å². The molecule has 126 valence electrons. The minimum absolute atomic E-state index is 0.00392. The first kappa shape index (κ1) is 16.1. The molecule has 1 aliphatic heterocycles. The number of fused-ring (bicyclic) bond motifs is 1. The third kappa shape index (κ3) is 3.13. The molecule has 3 rings (SSSR count). The predicted octanol–water partition coefficient (Wildman–Crippen LogP) is -1.57. The third-order valence-electron chi connectivity index (χ3n) is 3.45. The number of ether oxygens (including phenoxy) is 1. The van der Waals surface area contributed by atoms with Gasteiger partial charge in [-0.15, -0.1) is 0 Å². The molecule has 3 atom stereocenters. The second-order valence-corrected chi connectivity index (χ2v) is 6.20. The Morgan fingerprint density at radius 1 is 1.57 bits per heavy atom. The summed E-state index contributed by atoms with van der Waals surface area (Å²) in [4.78, 5) is 39.9. The zero-order valence-electron chi connectivity index (χ0n) is 11.7. The highest BCUT2D eigenvalue weighted by molar-refractivity contribution is 7.46. The summed E-state index contributed by atoms with van der Waals surface area (Å²) < 4.78 is 22.8. The molecular formula is C10H15N6O6P. The zero-order valence-corrected chi connectivity index (χ0v) is 12.6. The van der Waals surface area contributed by atoms with Gasteiger partial charge in [0.25, 0.3) is 5.56 Å². The summed E-state index contributed by atoms with van der Waals surface area (Å²) in [5.74, 6) is -0.0827. The summed E-state index contributed by atoms with van der Waals surface area (Å²) in [6, 6.07) is 0. The Morgan fingerprint density at radius 2 is 2.30 bits per heavy atom. The van der Waals surface area contributed by atoms with E-state index in [0.717, 1.165) is 0 Å². The lowest BCUT2D eigenvalue weighted by Crippen LogP contribution is -2.31. The van der Waals surface area contributed by atoms with Gasteiger partial charge in [0.1, 0.15) is 12.3 Å². The van der Waals surface area contributed by atoms with E-state index < -0.39 is 31.8 Å². The molecule has 23 heavy (non-hydrogen) atoms. The zero-order chi connectivity index (χ0) is 16.8. The van der Waals surface area contributed by atoms with Crippen LogP contribution in [0, 0.1) is 0 Å². The number of nitrogens with zero attached hydrogens (tertiary/aromatic N) is 3. The first-order valence-corrected chi connectivity index (χ1v) is 8.13. The van der Waals surface area contributed by atoms with Gasteiger partial charge in [-0.05, 0) is 0 Å². The molecule has 2 aromatic rings. The second kappa shape index (κ2) is 5.67. The lowest BCUT2D eigenvalue weighted by molar-refractivity contribution is -0.0115. The van der Waals surface area contributed by atoms with Crippen LogP contribution < -0.4 is 17.0 Å². The first-order valence-electron chi connectivity index (χ1n) is 6.60. The molecule has 7 N–H and O–H groups in total. The number of anilines is 1. The molecule has 0 spiro atoms. The van der Waals surface area contributed by atoms with Crippen molar-refractivity contribution in [2.45, 2.75) is 24.9 Å². The van der Waals surface area contributed by atoms with Crippen molar-refractivity contribution in [1.82, 2.24) is 19.5 Å². The van der Waals surface area contributed by atoms with E-state index >= 15 is 0 Å². The number of rotatable bonds is 4. The lowest BCUT2D eigenvalue weighted by atomic mass is 10.2. The highest BCUT2D eigenvalue weighted by atomic mass is 31.2. The molecule has 0 aromatic carbocycles. The molecule has 0 bridgehead atoms. The number of hydrogen-bond donors (Lipinski definition) is 5. The monoisotopic (exact) mass is 346 g/mol. The van der Waals surface area contributed by atoms with E-state index in [1.807, 2.05) is 0 Å². The Kier molecular flexibility index (Phi) is 3.96. The van der Waals surface area contributed by atoms with Gasteiger partial charge in [0.05, 0.1) is 12.4 Å². The fraction of sp³-hybridized carbons (Fsp3) is 0.500. The standard InChI is InChI=1S/C10H15N6O6P/c11-2-5-4(22-23(18,19)20)1-6(21-5)16-3-13-7-8(16)14-10(12)15-9(7)17/h3-6H,1-2,11H2,(H2,18,19,20)(H3,12,14,15,17)/t4?,5-,6-/m1/s1. The Morgan fingerprint density at radius 3 is 2.96 bits per heavy atom. The van der Waals surface area contributed by atoms with Gasteiger partial charge in [0, 0.05) is 13.0 Å². The quantitative estimate of drug-likeness (QED) is 0.404. The van der Waals surface area contributed by atoms with Crippen molar-refractivity contribution in [1.29, 1.82) is 0 Å². The van der Waals surface area contributed by atoms with E-state index in [4.69, 9.17) is 30.5 Å². The van der Waals surface area contributed by atoms with Crippen LogP contribution >= 0.6 is 7.82 Å². The van der Waals surface area contributed by atoms with Crippen LogP contribution in [0.4, 0.5) is 5.95 Å². The maximum Gasteiger partial charge on any atom is 0.469 e. The maximum atomic E-state index is 11.8. The topological polar surface area (TPSA) is 192 Å². The van der Waals surface area contributed by atoms with Crippen molar-refractivity contribution in [3.05, 3.63) is 16.7 Å². The average molecular weight is 346 g/mol. The van der Waals surface area contributed by atoms with E-state index in [2.05, 4.69) is 15.0 Å². The minimum atomic E-state index is -4.68. The van der Waals surface area contributed by atoms with Crippen LogP contribution in [-0.2, 0) is 13.8 Å². The molecule has 0 aliphatic carbocycles. The normalized spacial score (nSPS) is 25.3. The number of H-pyrrole nitrogens is 1. The summed E-state index contributed by atoms with van der Waals surface area (Å²) in [6.45, 7) is 0.00392.